The molecular weight excluding hydrogens is 296 g/mol. The third-order valence-electron chi connectivity index (χ3n) is 3.86. The summed E-state index contributed by atoms with van der Waals surface area (Å²) in [6, 6.07) is 2.14. The van der Waals surface area contributed by atoms with Gasteiger partial charge in [-0.2, -0.15) is 0 Å². The second kappa shape index (κ2) is 5.85. The molecule has 0 bridgehead atoms. The molecule has 1 aliphatic rings. The first-order valence-corrected chi connectivity index (χ1v) is 8.24. The number of aliphatic hydroxyl groups is 1. The maximum atomic E-state index is 10.6. The highest BCUT2D eigenvalue weighted by molar-refractivity contribution is 9.10. The predicted molar refractivity (Wildman–Crippen MR) is 77.5 cm³/mol. The standard InChI is InChI=1S/C14H21BrOS/c1-2-3-11-4-6-14(16,7-5-11)9-13-8-12(15)10-17-13/h8,10-11,16H,2-7,9H2,1H3. The van der Waals surface area contributed by atoms with Crippen molar-refractivity contribution in [1.29, 1.82) is 0 Å². The summed E-state index contributed by atoms with van der Waals surface area (Å²) in [4.78, 5) is 1.30. The van der Waals surface area contributed by atoms with Crippen molar-refractivity contribution in [3.05, 3.63) is 20.8 Å². The highest BCUT2D eigenvalue weighted by Gasteiger charge is 2.33. The lowest BCUT2D eigenvalue weighted by atomic mass is 9.75. The van der Waals surface area contributed by atoms with Crippen LogP contribution in [0.1, 0.15) is 50.3 Å². The second-order valence-corrected chi connectivity index (χ2v) is 7.28. The molecule has 17 heavy (non-hydrogen) atoms. The Hall–Kier alpha value is 0.140. The minimum atomic E-state index is -0.436. The normalized spacial score (nSPS) is 29.5. The number of hydrogen-bond acceptors (Lipinski definition) is 2. The molecule has 0 atom stereocenters. The fraction of sp³-hybridized carbons (Fsp3) is 0.714. The van der Waals surface area contributed by atoms with Crippen LogP contribution in [0.15, 0.2) is 15.9 Å². The van der Waals surface area contributed by atoms with E-state index in [0.29, 0.717) is 0 Å². The third kappa shape index (κ3) is 3.80. The summed E-state index contributed by atoms with van der Waals surface area (Å²) >= 11 is 5.22. The highest BCUT2D eigenvalue weighted by Crippen LogP contribution is 2.37. The molecule has 0 saturated heterocycles. The fourth-order valence-electron chi connectivity index (χ4n) is 2.86. The Kier molecular flexibility index (Phi) is 4.67. The SMILES string of the molecule is CCCC1CCC(O)(Cc2cc(Br)cs2)CC1. The van der Waals surface area contributed by atoms with Crippen molar-refractivity contribution in [2.75, 3.05) is 0 Å². The minimum absolute atomic E-state index is 0.436. The van der Waals surface area contributed by atoms with Crippen LogP contribution in [0.25, 0.3) is 0 Å². The summed E-state index contributed by atoms with van der Waals surface area (Å²) in [5.74, 6) is 0.857. The van der Waals surface area contributed by atoms with E-state index in [9.17, 15) is 5.11 Å². The first-order valence-electron chi connectivity index (χ1n) is 6.56. The Labute approximate surface area is 116 Å². The van der Waals surface area contributed by atoms with Gasteiger partial charge in [0.05, 0.1) is 5.60 Å². The van der Waals surface area contributed by atoms with Gasteiger partial charge >= 0.3 is 0 Å². The van der Waals surface area contributed by atoms with Gasteiger partial charge in [-0.1, -0.05) is 19.8 Å². The van der Waals surface area contributed by atoms with Gasteiger partial charge in [0.25, 0.3) is 0 Å². The minimum Gasteiger partial charge on any atom is -0.390 e. The van der Waals surface area contributed by atoms with E-state index < -0.39 is 5.60 Å². The van der Waals surface area contributed by atoms with Crippen LogP contribution in [0.2, 0.25) is 0 Å². The molecule has 96 valence electrons. The lowest BCUT2D eigenvalue weighted by Crippen LogP contribution is -2.36. The predicted octanol–water partition coefficient (Wildman–Crippen LogP) is 4.77. The van der Waals surface area contributed by atoms with E-state index in [0.717, 1.165) is 29.7 Å². The van der Waals surface area contributed by atoms with Crippen molar-refractivity contribution in [2.45, 2.75) is 57.5 Å². The fourth-order valence-corrected chi connectivity index (χ4v) is 4.45. The summed E-state index contributed by atoms with van der Waals surface area (Å²) in [6.07, 6.45) is 7.82. The molecule has 1 heterocycles. The largest absolute Gasteiger partial charge is 0.390 e. The van der Waals surface area contributed by atoms with Crippen molar-refractivity contribution in [2.24, 2.45) is 5.92 Å². The molecule has 1 aromatic heterocycles. The van der Waals surface area contributed by atoms with E-state index in [1.807, 2.05) is 0 Å². The van der Waals surface area contributed by atoms with Gasteiger partial charge in [-0.3, -0.25) is 0 Å². The molecule has 1 fully saturated rings. The van der Waals surface area contributed by atoms with Crippen LogP contribution in [-0.2, 0) is 6.42 Å². The zero-order valence-corrected chi connectivity index (χ0v) is 12.8. The van der Waals surface area contributed by atoms with Crippen LogP contribution in [0.5, 0.6) is 0 Å². The summed E-state index contributed by atoms with van der Waals surface area (Å²) < 4.78 is 1.14. The summed E-state index contributed by atoms with van der Waals surface area (Å²) in [5, 5.41) is 12.7. The Morgan fingerprint density at radius 2 is 2.18 bits per heavy atom. The molecule has 1 nitrogen and oxygen atoms in total. The van der Waals surface area contributed by atoms with E-state index in [1.165, 1.54) is 30.6 Å². The topological polar surface area (TPSA) is 20.2 Å². The molecule has 1 N–H and O–H groups in total. The van der Waals surface area contributed by atoms with Crippen molar-refractivity contribution < 1.29 is 5.11 Å². The molecule has 2 rings (SSSR count). The zero-order valence-electron chi connectivity index (χ0n) is 10.4. The zero-order chi connectivity index (χ0) is 12.3. The van der Waals surface area contributed by atoms with Crippen LogP contribution < -0.4 is 0 Å². The van der Waals surface area contributed by atoms with Gasteiger partial charge in [-0.15, -0.1) is 11.3 Å². The van der Waals surface area contributed by atoms with Crippen LogP contribution in [0.3, 0.4) is 0 Å². The van der Waals surface area contributed by atoms with Gasteiger partial charge in [-0.05, 0) is 53.6 Å². The van der Waals surface area contributed by atoms with Gasteiger partial charge in [0, 0.05) is 21.2 Å². The van der Waals surface area contributed by atoms with Gasteiger partial charge in [0.1, 0.15) is 0 Å². The molecule has 0 spiro atoms. The van der Waals surface area contributed by atoms with Gasteiger partial charge in [-0.25, -0.2) is 0 Å². The van der Waals surface area contributed by atoms with Gasteiger partial charge in [0.2, 0.25) is 0 Å². The molecule has 0 unspecified atom stereocenters. The Morgan fingerprint density at radius 3 is 2.71 bits per heavy atom. The van der Waals surface area contributed by atoms with Crippen molar-refractivity contribution >= 4 is 27.3 Å². The molecule has 3 heteroatoms. The molecular formula is C14H21BrOS. The molecule has 0 amide bonds. The summed E-state index contributed by atoms with van der Waals surface area (Å²) in [5.41, 5.74) is -0.436. The smallest absolute Gasteiger partial charge is 0.0696 e. The maximum absolute atomic E-state index is 10.6. The van der Waals surface area contributed by atoms with Crippen LogP contribution in [-0.4, -0.2) is 10.7 Å². The Balaban J connectivity index is 1.89. The molecule has 1 aliphatic carbocycles. The second-order valence-electron chi connectivity index (χ2n) is 5.36. The van der Waals surface area contributed by atoms with E-state index >= 15 is 0 Å². The Bertz CT molecular complexity index is 353. The summed E-state index contributed by atoms with van der Waals surface area (Å²) in [7, 11) is 0. The highest BCUT2D eigenvalue weighted by atomic mass is 79.9. The van der Waals surface area contributed by atoms with Crippen LogP contribution >= 0.6 is 27.3 Å². The average molecular weight is 317 g/mol. The number of halogens is 1. The van der Waals surface area contributed by atoms with E-state index in [2.05, 4.69) is 34.3 Å². The van der Waals surface area contributed by atoms with E-state index in [-0.39, 0.29) is 0 Å². The molecule has 1 aromatic rings. The molecule has 0 aromatic carbocycles. The number of thiophene rings is 1. The lowest BCUT2D eigenvalue weighted by molar-refractivity contribution is -0.00923. The monoisotopic (exact) mass is 316 g/mol. The first kappa shape index (κ1) is 13.6. The molecule has 0 aliphatic heterocycles. The van der Waals surface area contributed by atoms with Crippen LogP contribution in [0.4, 0.5) is 0 Å². The lowest BCUT2D eigenvalue weighted by Gasteiger charge is -2.35. The molecule has 0 radical (unpaired) electrons. The van der Waals surface area contributed by atoms with Crippen LogP contribution in [0, 0.1) is 5.92 Å². The van der Waals surface area contributed by atoms with E-state index in [1.54, 1.807) is 11.3 Å². The number of rotatable bonds is 4. The van der Waals surface area contributed by atoms with Crippen molar-refractivity contribution in [3.63, 3.8) is 0 Å². The van der Waals surface area contributed by atoms with Gasteiger partial charge < -0.3 is 5.11 Å². The maximum Gasteiger partial charge on any atom is 0.0696 e. The number of hydrogen-bond donors (Lipinski definition) is 1. The first-order chi connectivity index (χ1) is 8.11. The average Bonchev–Trinajstić information content (AvgIpc) is 2.68. The molecule has 1 saturated carbocycles. The third-order valence-corrected chi connectivity index (χ3v) is 5.56. The van der Waals surface area contributed by atoms with Crippen molar-refractivity contribution in [1.82, 2.24) is 0 Å². The van der Waals surface area contributed by atoms with Gasteiger partial charge in [0.15, 0.2) is 0 Å². The Morgan fingerprint density at radius 1 is 1.47 bits per heavy atom. The summed E-state index contributed by atoms with van der Waals surface area (Å²) in [6.45, 7) is 2.25. The van der Waals surface area contributed by atoms with E-state index in [4.69, 9.17) is 0 Å². The van der Waals surface area contributed by atoms with Crippen molar-refractivity contribution in [3.8, 4) is 0 Å². The quantitative estimate of drug-likeness (QED) is 0.848.